The maximum atomic E-state index is 13.8. The maximum absolute atomic E-state index is 13.8. The fourth-order valence-corrected chi connectivity index (χ4v) is 1.96. The predicted octanol–water partition coefficient (Wildman–Crippen LogP) is 1.21. The highest BCUT2D eigenvalue weighted by Crippen LogP contribution is 2.03. The molecule has 0 aromatic rings. The first-order chi connectivity index (χ1) is 12.8. The van der Waals surface area contributed by atoms with Crippen molar-refractivity contribution < 1.29 is 28.1 Å². The van der Waals surface area contributed by atoms with Gasteiger partial charge in [0.2, 0.25) is 5.91 Å². The average molecular weight is 413 g/mol. The van der Waals surface area contributed by atoms with Crippen molar-refractivity contribution in [1.29, 1.82) is 0 Å². The minimum Gasteiger partial charge on any atom is -0.378 e. The summed E-state index contributed by atoms with van der Waals surface area (Å²) >= 11 is 3.98. The van der Waals surface area contributed by atoms with Crippen molar-refractivity contribution in [2.75, 3.05) is 59.3 Å². The van der Waals surface area contributed by atoms with Crippen LogP contribution in [0.3, 0.4) is 0 Å². The second kappa shape index (κ2) is 17.6. The molecular weight excluding hydrogens is 375 g/mol. The van der Waals surface area contributed by atoms with Crippen molar-refractivity contribution in [3.63, 3.8) is 0 Å². The molecular formula is C18H37FN2O5S. The fraction of sp³-hybridized carbons (Fsp3) is 0.944. The van der Waals surface area contributed by atoms with E-state index in [0.29, 0.717) is 45.7 Å². The van der Waals surface area contributed by atoms with Crippen molar-refractivity contribution in [3.05, 3.63) is 0 Å². The predicted molar refractivity (Wildman–Crippen MR) is 107 cm³/mol. The summed E-state index contributed by atoms with van der Waals surface area (Å²) in [5.74, 6) is -0.297. The number of nitrogens with one attached hydrogen (secondary N) is 2. The van der Waals surface area contributed by atoms with Crippen LogP contribution in [0.15, 0.2) is 0 Å². The van der Waals surface area contributed by atoms with Crippen molar-refractivity contribution in [2.45, 2.75) is 51.3 Å². The Morgan fingerprint density at radius 1 is 0.926 bits per heavy atom. The molecule has 2 N–H and O–H groups in total. The summed E-state index contributed by atoms with van der Waals surface area (Å²) in [6.45, 7) is 11.5. The molecule has 3 unspecified atom stereocenters. The lowest BCUT2D eigenvalue weighted by Gasteiger charge is -2.18. The molecule has 1 amide bonds. The number of ether oxygens (including phenoxy) is 4. The van der Waals surface area contributed by atoms with Crippen LogP contribution in [0.1, 0.15) is 27.7 Å². The topological polar surface area (TPSA) is 78.1 Å². The summed E-state index contributed by atoms with van der Waals surface area (Å²) < 4.78 is 35.4. The molecule has 162 valence electrons. The minimum atomic E-state index is -1.28. The Labute approximate surface area is 168 Å². The third-order valence-corrected chi connectivity index (χ3v) is 3.75. The standard InChI is InChI=1S/C18H37FN2O5S/c1-14(2)20-5-6-23-7-8-24-9-10-25-11-12-26-15(3)17(19)13-21-18(22)16(4)27/h14-17,20,27H,5-13H2,1-4H3,(H,21,22). The summed E-state index contributed by atoms with van der Waals surface area (Å²) in [7, 11) is 0. The van der Waals surface area contributed by atoms with Crippen LogP contribution < -0.4 is 10.6 Å². The van der Waals surface area contributed by atoms with Crippen molar-refractivity contribution >= 4 is 18.5 Å². The van der Waals surface area contributed by atoms with Crippen LogP contribution in [-0.4, -0.2) is 88.8 Å². The van der Waals surface area contributed by atoms with E-state index in [1.165, 1.54) is 0 Å². The zero-order chi connectivity index (χ0) is 20.5. The molecule has 0 heterocycles. The van der Waals surface area contributed by atoms with E-state index < -0.39 is 17.5 Å². The molecule has 0 bridgehead atoms. The lowest BCUT2D eigenvalue weighted by molar-refractivity contribution is -0.120. The molecule has 0 aliphatic carbocycles. The van der Waals surface area contributed by atoms with Crippen molar-refractivity contribution in [2.24, 2.45) is 0 Å². The Morgan fingerprint density at radius 3 is 1.96 bits per heavy atom. The van der Waals surface area contributed by atoms with E-state index in [-0.39, 0.29) is 19.1 Å². The Morgan fingerprint density at radius 2 is 1.44 bits per heavy atom. The molecule has 0 saturated heterocycles. The van der Waals surface area contributed by atoms with E-state index in [1.807, 2.05) is 0 Å². The Kier molecular flexibility index (Phi) is 17.3. The van der Waals surface area contributed by atoms with Crippen LogP contribution in [0.4, 0.5) is 4.39 Å². The highest BCUT2D eigenvalue weighted by Gasteiger charge is 2.18. The quantitative estimate of drug-likeness (QED) is 0.232. The first-order valence-corrected chi connectivity index (χ1v) is 10.0. The fourth-order valence-electron chi connectivity index (χ4n) is 1.87. The molecule has 0 fully saturated rings. The second-order valence-corrected chi connectivity index (χ2v) is 7.23. The first-order valence-electron chi connectivity index (χ1n) is 9.52. The van der Waals surface area contributed by atoms with Gasteiger partial charge in [0.15, 0.2) is 0 Å². The Hall–Kier alpha value is -0.450. The van der Waals surface area contributed by atoms with Gasteiger partial charge < -0.3 is 29.6 Å². The number of hydrogen-bond acceptors (Lipinski definition) is 7. The normalized spacial score (nSPS) is 14.9. The molecule has 0 aliphatic rings. The molecule has 0 rings (SSSR count). The van der Waals surface area contributed by atoms with Gasteiger partial charge in [-0.1, -0.05) is 13.8 Å². The number of alkyl halides is 1. The molecule has 0 saturated carbocycles. The van der Waals surface area contributed by atoms with Gasteiger partial charge in [0.25, 0.3) is 0 Å². The van der Waals surface area contributed by atoms with Gasteiger partial charge in [-0.2, -0.15) is 12.6 Å². The van der Waals surface area contributed by atoms with Crippen LogP contribution in [-0.2, 0) is 23.7 Å². The molecule has 27 heavy (non-hydrogen) atoms. The molecule has 0 spiro atoms. The van der Waals surface area contributed by atoms with Crippen LogP contribution in [0.2, 0.25) is 0 Å². The molecule has 0 aromatic carbocycles. The van der Waals surface area contributed by atoms with E-state index in [9.17, 15) is 9.18 Å². The number of thiol groups is 1. The monoisotopic (exact) mass is 412 g/mol. The van der Waals surface area contributed by atoms with Gasteiger partial charge >= 0.3 is 0 Å². The zero-order valence-corrected chi connectivity index (χ0v) is 17.9. The summed E-state index contributed by atoms with van der Waals surface area (Å²) in [6, 6.07) is 0.465. The highest BCUT2D eigenvalue weighted by molar-refractivity contribution is 7.81. The van der Waals surface area contributed by atoms with Crippen molar-refractivity contribution in [3.8, 4) is 0 Å². The van der Waals surface area contributed by atoms with Gasteiger partial charge in [-0.25, -0.2) is 4.39 Å². The van der Waals surface area contributed by atoms with E-state index >= 15 is 0 Å². The molecule has 0 aliphatic heterocycles. The first kappa shape index (κ1) is 26.6. The zero-order valence-electron chi connectivity index (χ0n) is 17.0. The number of hydrogen-bond donors (Lipinski definition) is 3. The number of carbonyl (C=O) groups excluding carboxylic acids is 1. The van der Waals surface area contributed by atoms with E-state index in [2.05, 4.69) is 37.1 Å². The number of rotatable bonds is 18. The van der Waals surface area contributed by atoms with Gasteiger partial charge in [-0.3, -0.25) is 4.79 Å². The van der Waals surface area contributed by atoms with E-state index in [0.717, 1.165) is 6.54 Å². The number of carbonyl (C=O) groups is 1. The third kappa shape index (κ3) is 17.4. The second-order valence-electron chi connectivity index (χ2n) is 6.46. The third-order valence-electron chi connectivity index (χ3n) is 3.51. The maximum Gasteiger partial charge on any atom is 0.232 e. The minimum absolute atomic E-state index is 0.0881. The summed E-state index contributed by atoms with van der Waals surface area (Å²) in [4.78, 5) is 11.3. The van der Waals surface area contributed by atoms with Gasteiger partial charge in [-0.15, -0.1) is 0 Å². The highest BCUT2D eigenvalue weighted by atomic mass is 32.1. The Balaban J connectivity index is 3.37. The summed E-state index contributed by atoms with van der Waals surface area (Å²) in [6.07, 6.45) is -1.90. The Bertz CT molecular complexity index is 365. The lowest BCUT2D eigenvalue weighted by atomic mass is 10.2. The van der Waals surface area contributed by atoms with Crippen LogP contribution in [0, 0.1) is 0 Å². The smallest absolute Gasteiger partial charge is 0.232 e. The molecule has 0 radical (unpaired) electrons. The van der Waals surface area contributed by atoms with E-state index in [1.54, 1.807) is 13.8 Å². The van der Waals surface area contributed by atoms with E-state index in [4.69, 9.17) is 18.9 Å². The largest absolute Gasteiger partial charge is 0.378 e. The van der Waals surface area contributed by atoms with Crippen LogP contribution >= 0.6 is 12.6 Å². The lowest BCUT2D eigenvalue weighted by Crippen LogP contribution is -2.39. The molecule has 7 nitrogen and oxygen atoms in total. The van der Waals surface area contributed by atoms with Gasteiger partial charge in [0, 0.05) is 12.6 Å². The summed E-state index contributed by atoms with van der Waals surface area (Å²) in [5.41, 5.74) is 0. The van der Waals surface area contributed by atoms with Crippen LogP contribution in [0.5, 0.6) is 0 Å². The van der Waals surface area contributed by atoms with Gasteiger partial charge in [-0.05, 0) is 13.8 Å². The number of halogens is 1. The number of amides is 1. The van der Waals surface area contributed by atoms with Gasteiger partial charge in [0.1, 0.15) is 6.17 Å². The van der Waals surface area contributed by atoms with Crippen molar-refractivity contribution in [1.82, 2.24) is 10.6 Å². The molecule has 9 heteroatoms. The molecule has 0 aromatic heterocycles. The average Bonchev–Trinajstić information content (AvgIpc) is 2.62. The van der Waals surface area contributed by atoms with Crippen LogP contribution in [0.25, 0.3) is 0 Å². The van der Waals surface area contributed by atoms with Gasteiger partial charge in [0.05, 0.1) is 64.1 Å². The molecule has 3 atom stereocenters. The SMILES string of the molecule is CC(C)NCCOCCOCCOCCOC(C)C(F)CNC(=O)C(C)S. The summed E-state index contributed by atoms with van der Waals surface area (Å²) in [5, 5.41) is 5.29.